The summed E-state index contributed by atoms with van der Waals surface area (Å²) in [6.45, 7) is 0. The smallest absolute Gasteiger partial charge is 0.294 e. The van der Waals surface area contributed by atoms with E-state index in [4.69, 9.17) is 0 Å². The predicted molar refractivity (Wildman–Crippen MR) is 323 cm³/mol. The molecule has 0 aromatic heterocycles. The molecule has 12 atom stereocenters. The summed E-state index contributed by atoms with van der Waals surface area (Å²) in [6.07, 6.45) is 64.4. The Morgan fingerprint density at radius 3 is 0.875 bits per heavy atom. The monoisotopic (exact) mass is 1110 g/mol. The Hall–Kier alpha value is -0.370. The molecule has 0 radical (unpaired) electrons. The first-order chi connectivity index (χ1) is 39.3. The molecule has 0 N–H and O–H groups in total. The Kier molecular flexibility index (Phi) is 18.5. The molecule has 12 saturated carbocycles. The van der Waals surface area contributed by atoms with Gasteiger partial charge in [-0.2, -0.15) is 13.2 Å². The Labute approximate surface area is 488 Å². The fourth-order valence-corrected chi connectivity index (χ4v) is 25.7. The quantitative estimate of drug-likeness (QED) is 0.204. The van der Waals surface area contributed by atoms with Crippen molar-refractivity contribution >= 4 is 0 Å². The summed E-state index contributed by atoms with van der Waals surface area (Å²) in [5.41, 5.74) is 0. The zero-order valence-corrected chi connectivity index (χ0v) is 51.4. The first-order valence-corrected chi connectivity index (χ1v) is 37.5. The number of nitrogens with zero attached hydrogens (tertiary/aromatic N) is 4. The fraction of sp³-hybridized carbons (Fsp3) is 1.00. The van der Waals surface area contributed by atoms with Crippen molar-refractivity contribution in [2.24, 2.45) is 65.1 Å². The highest BCUT2D eigenvalue weighted by Crippen LogP contribution is 2.58. The van der Waals surface area contributed by atoms with Gasteiger partial charge < -0.3 is 0 Å². The molecule has 0 bridgehead atoms. The summed E-state index contributed by atoms with van der Waals surface area (Å²) in [7, 11) is 0. The lowest BCUT2D eigenvalue weighted by Gasteiger charge is -2.51. The Balaban J connectivity index is 0.637. The van der Waals surface area contributed by atoms with Crippen LogP contribution in [0.5, 0.6) is 0 Å². The third-order valence-corrected chi connectivity index (χ3v) is 29.1. The van der Waals surface area contributed by atoms with E-state index in [9.17, 15) is 13.2 Å². The van der Waals surface area contributed by atoms with Crippen molar-refractivity contribution in [3.63, 3.8) is 0 Å². The van der Waals surface area contributed by atoms with Gasteiger partial charge in [-0.05, 0) is 271 Å². The molecule has 14 rings (SSSR count). The van der Waals surface area contributed by atoms with Crippen LogP contribution < -0.4 is 0 Å². The van der Waals surface area contributed by atoms with Gasteiger partial charge in [0.05, 0.1) is 5.92 Å². The number of alkyl halides is 3. The molecular formula is C73H121F3N4. The second-order valence-corrected chi connectivity index (χ2v) is 32.7. The number of hydrogen-bond donors (Lipinski definition) is 0. The van der Waals surface area contributed by atoms with Crippen LogP contribution in [-0.2, 0) is 0 Å². The molecule has 7 heteroatoms. The molecule has 0 amide bonds. The summed E-state index contributed by atoms with van der Waals surface area (Å²) in [4.78, 5) is 13.1. The van der Waals surface area contributed by atoms with E-state index in [1.165, 1.54) is 289 Å². The van der Waals surface area contributed by atoms with Crippen LogP contribution in [0, 0.1) is 65.1 Å². The van der Waals surface area contributed by atoms with Crippen molar-refractivity contribution < 1.29 is 13.2 Å². The molecule has 0 aromatic rings. The number of fused-ring (bicyclic) bond motifs is 6. The van der Waals surface area contributed by atoms with E-state index in [0.717, 1.165) is 133 Å². The maximum absolute atomic E-state index is 14.1. The Morgan fingerprint density at radius 1 is 0.237 bits per heavy atom. The van der Waals surface area contributed by atoms with Crippen LogP contribution in [-0.4, -0.2) is 98.3 Å². The maximum atomic E-state index is 14.1. The van der Waals surface area contributed by atoms with Gasteiger partial charge in [0, 0.05) is 72.5 Å². The highest BCUT2D eigenvalue weighted by atomic mass is 19.4. The van der Waals surface area contributed by atoms with Crippen LogP contribution in [0.25, 0.3) is 0 Å². The van der Waals surface area contributed by atoms with Crippen molar-refractivity contribution in [2.45, 2.75) is 393 Å². The second-order valence-electron chi connectivity index (χ2n) is 32.7. The van der Waals surface area contributed by atoms with E-state index in [1.54, 1.807) is 0 Å². The zero-order chi connectivity index (χ0) is 53.7. The normalized spacial score (nSPS) is 45.8. The van der Waals surface area contributed by atoms with Gasteiger partial charge in [0.15, 0.2) is 0 Å². The molecule has 80 heavy (non-hydrogen) atoms. The van der Waals surface area contributed by atoms with Crippen molar-refractivity contribution in [1.29, 1.82) is 0 Å². The van der Waals surface area contributed by atoms with Gasteiger partial charge >= 0.3 is 6.18 Å². The summed E-state index contributed by atoms with van der Waals surface area (Å²) in [6, 6.07) is 10.2. The molecule has 0 spiro atoms. The molecular weight excluding hydrogens is 990 g/mol. The van der Waals surface area contributed by atoms with E-state index in [2.05, 4.69) is 19.6 Å². The standard InChI is InChI=1S/C73H121F3N4/c74-73(75,76)56-35-29-50(30-36-56)53-45-54(51-31-37-61(38-32-51)79-69-27-15-13-25-65(69)67-48-63(41-43-71(67)79)77(57-17-5-1-6-18-57)58-19-7-2-8-20-58)47-55(46-53)52-33-39-62(40-34-52)80-70-28-16-14-26-66(70)68-49-64(42-44-72(68)80)78(59-21-9-3-10-22-59)60-23-11-4-12-24-60/h50-72H,1-49H2. The van der Waals surface area contributed by atoms with E-state index < -0.39 is 12.1 Å². The van der Waals surface area contributed by atoms with Crippen LogP contribution in [0.15, 0.2) is 0 Å². The van der Waals surface area contributed by atoms with Crippen LogP contribution >= 0.6 is 0 Å². The molecule has 2 aliphatic heterocycles. The molecule has 12 unspecified atom stereocenters. The van der Waals surface area contributed by atoms with Crippen molar-refractivity contribution in [3.05, 3.63) is 0 Å². The number of hydrogen-bond acceptors (Lipinski definition) is 4. The van der Waals surface area contributed by atoms with E-state index in [1.807, 2.05) is 0 Å². The third-order valence-electron chi connectivity index (χ3n) is 29.1. The van der Waals surface area contributed by atoms with Gasteiger partial charge in [0.1, 0.15) is 0 Å². The SMILES string of the molecule is FC(F)(F)C1CCC(C2CC(C3CCC(N4C5CCCCC5C5CC(N(C6CCCCC6)C6CCCCC6)CCC54)CC3)CC(C3CCC(N4C5CCCCC5C5CC(N(C6CCCCC6)C6CCCCC6)CCC54)CC3)C2)CC1. The van der Waals surface area contributed by atoms with E-state index in [-0.39, 0.29) is 0 Å². The van der Waals surface area contributed by atoms with Gasteiger partial charge in [-0.1, -0.05) is 103 Å². The molecule has 12 aliphatic carbocycles. The van der Waals surface area contributed by atoms with Gasteiger partial charge in [-0.25, -0.2) is 0 Å². The molecule has 4 nitrogen and oxygen atoms in total. The summed E-state index contributed by atoms with van der Waals surface area (Å²) in [5.74, 6) is 7.26. The van der Waals surface area contributed by atoms with Crippen LogP contribution in [0.1, 0.15) is 315 Å². The number of rotatable bonds is 11. The zero-order valence-electron chi connectivity index (χ0n) is 51.4. The summed E-state index contributed by atoms with van der Waals surface area (Å²) < 4.78 is 42.4. The summed E-state index contributed by atoms with van der Waals surface area (Å²) in [5, 5.41) is 0. The van der Waals surface area contributed by atoms with Crippen molar-refractivity contribution in [2.75, 3.05) is 0 Å². The van der Waals surface area contributed by atoms with Gasteiger partial charge in [0.2, 0.25) is 0 Å². The van der Waals surface area contributed by atoms with E-state index in [0.29, 0.717) is 24.7 Å². The molecule has 454 valence electrons. The maximum Gasteiger partial charge on any atom is 0.391 e. The molecule has 2 saturated heterocycles. The van der Waals surface area contributed by atoms with Crippen LogP contribution in [0.4, 0.5) is 13.2 Å². The lowest BCUT2D eigenvalue weighted by molar-refractivity contribution is -0.185. The third kappa shape index (κ3) is 11.9. The minimum Gasteiger partial charge on any atom is -0.294 e. The lowest BCUT2D eigenvalue weighted by Crippen LogP contribution is -2.55. The molecule has 2 heterocycles. The van der Waals surface area contributed by atoms with Gasteiger partial charge in [-0.15, -0.1) is 0 Å². The largest absolute Gasteiger partial charge is 0.391 e. The topological polar surface area (TPSA) is 13.0 Å². The Morgan fingerprint density at radius 2 is 0.537 bits per heavy atom. The molecule has 0 aromatic carbocycles. The average Bonchev–Trinajstić information content (AvgIpc) is 4.07. The van der Waals surface area contributed by atoms with Gasteiger partial charge in [0.25, 0.3) is 0 Å². The van der Waals surface area contributed by atoms with Crippen molar-refractivity contribution in [1.82, 2.24) is 19.6 Å². The first kappa shape index (κ1) is 57.4. The fourth-order valence-electron chi connectivity index (χ4n) is 25.7. The minimum atomic E-state index is -4.01. The van der Waals surface area contributed by atoms with Gasteiger partial charge in [-0.3, -0.25) is 19.6 Å². The first-order valence-electron chi connectivity index (χ1n) is 37.5. The number of likely N-dealkylation sites (tertiary alicyclic amines) is 2. The Bertz CT molecular complexity index is 1760. The highest BCUT2D eigenvalue weighted by molar-refractivity contribution is 5.11. The molecule has 14 fully saturated rings. The minimum absolute atomic E-state index is 0.399. The van der Waals surface area contributed by atoms with Crippen LogP contribution in [0.2, 0.25) is 0 Å². The predicted octanol–water partition coefficient (Wildman–Crippen LogP) is 19.3. The lowest BCUT2D eigenvalue weighted by atomic mass is 9.58. The average molecular weight is 1110 g/mol. The highest BCUT2D eigenvalue weighted by Gasteiger charge is 2.57. The second kappa shape index (κ2) is 25.8. The van der Waals surface area contributed by atoms with Crippen LogP contribution in [0.3, 0.4) is 0 Å². The van der Waals surface area contributed by atoms with Crippen molar-refractivity contribution in [3.8, 4) is 0 Å². The molecule has 14 aliphatic rings. The number of halogens is 3. The summed E-state index contributed by atoms with van der Waals surface area (Å²) >= 11 is 0. The van der Waals surface area contributed by atoms with E-state index >= 15 is 0 Å².